The maximum absolute atomic E-state index is 13.0. The SMILES string of the molecule is O=C(CCCc1nnc2n3nc(-c4ccccc4)nc3c3ccccc3n12)N1CCN(c2ccccc2)CC1. The number of fused-ring (bicyclic) bond motifs is 6. The summed E-state index contributed by atoms with van der Waals surface area (Å²) in [5.41, 5.74) is 3.90. The van der Waals surface area contributed by atoms with Crippen molar-refractivity contribution in [3.05, 3.63) is 90.8 Å². The quantitative estimate of drug-likeness (QED) is 0.329. The Kier molecular flexibility index (Phi) is 5.88. The number of benzene rings is 3. The molecule has 4 heterocycles. The fourth-order valence-electron chi connectivity index (χ4n) is 5.45. The molecule has 9 nitrogen and oxygen atoms in total. The molecule has 0 bridgehead atoms. The third-order valence-corrected chi connectivity index (χ3v) is 7.47. The number of amides is 1. The van der Waals surface area contributed by atoms with Crippen LogP contribution in [0.1, 0.15) is 18.7 Å². The van der Waals surface area contributed by atoms with E-state index in [1.54, 1.807) is 4.52 Å². The molecule has 1 amide bonds. The summed E-state index contributed by atoms with van der Waals surface area (Å²) in [6.07, 6.45) is 1.84. The summed E-state index contributed by atoms with van der Waals surface area (Å²) in [4.78, 5) is 22.2. The smallest absolute Gasteiger partial charge is 0.258 e. The summed E-state index contributed by atoms with van der Waals surface area (Å²) in [6.45, 7) is 3.21. The van der Waals surface area contributed by atoms with Crippen molar-refractivity contribution in [3.63, 3.8) is 0 Å². The summed E-state index contributed by atoms with van der Waals surface area (Å²) in [5.74, 6) is 2.29. The Balaban J connectivity index is 1.10. The summed E-state index contributed by atoms with van der Waals surface area (Å²) in [5, 5.41) is 14.8. The molecule has 6 aromatic rings. The van der Waals surface area contributed by atoms with Gasteiger partial charge in [-0.05, 0) is 30.7 Å². The van der Waals surface area contributed by atoms with Gasteiger partial charge in [0.15, 0.2) is 11.5 Å². The monoisotopic (exact) mass is 516 g/mol. The molecule has 39 heavy (non-hydrogen) atoms. The van der Waals surface area contributed by atoms with Gasteiger partial charge < -0.3 is 9.80 Å². The number of anilines is 1. The Labute approximate surface area is 225 Å². The molecule has 1 aliphatic heterocycles. The third-order valence-electron chi connectivity index (χ3n) is 7.47. The summed E-state index contributed by atoms with van der Waals surface area (Å²) in [6, 6.07) is 28.5. The van der Waals surface area contributed by atoms with E-state index in [0.29, 0.717) is 30.9 Å². The number of aryl methyl sites for hydroxylation is 1. The van der Waals surface area contributed by atoms with E-state index in [1.165, 1.54) is 5.69 Å². The molecule has 1 fully saturated rings. The van der Waals surface area contributed by atoms with Gasteiger partial charge in [0.1, 0.15) is 5.82 Å². The van der Waals surface area contributed by atoms with Gasteiger partial charge in [-0.1, -0.05) is 60.7 Å². The van der Waals surface area contributed by atoms with Crippen LogP contribution in [0.5, 0.6) is 0 Å². The van der Waals surface area contributed by atoms with Crippen molar-refractivity contribution in [2.75, 3.05) is 31.1 Å². The van der Waals surface area contributed by atoms with Crippen LogP contribution in [0.2, 0.25) is 0 Å². The maximum Gasteiger partial charge on any atom is 0.258 e. The zero-order valence-electron chi connectivity index (χ0n) is 21.5. The van der Waals surface area contributed by atoms with Crippen LogP contribution in [0.4, 0.5) is 5.69 Å². The van der Waals surface area contributed by atoms with Crippen molar-refractivity contribution < 1.29 is 4.79 Å². The number of para-hydroxylation sites is 2. The van der Waals surface area contributed by atoms with Crippen molar-refractivity contribution in [2.24, 2.45) is 0 Å². The summed E-state index contributed by atoms with van der Waals surface area (Å²) < 4.78 is 3.83. The first kappa shape index (κ1) is 23.3. The van der Waals surface area contributed by atoms with Crippen molar-refractivity contribution >= 4 is 33.9 Å². The van der Waals surface area contributed by atoms with Crippen LogP contribution in [-0.4, -0.2) is 66.2 Å². The van der Waals surface area contributed by atoms with E-state index in [2.05, 4.69) is 55.9 Å². The molecule has 1 aliphatic rings. The second kappa shape index (κ2) is 9.83. The lowest BCUT2D eigenvalue weighted by molar-refractivity contribution is -0.131. The number of carbonyl (C=O) groups excluding carboxylic acids is 1. The molecule has 7 rings (SSSR count). The molecule has 0 aliphatic carbocycles. The number of carbonyl (C=O) groups is 1. The van der Waals surface area contributed by atoms with Crippen LogP contribution in [-0.2, 0) is 11.2 Å². The molecule has 0 radical (unpaired) electrons. The molecule has 0 saturated carbocycles. The predicted molar refractivity (Wildman–Crippen MR) is 151 cm³/mol. The third kappa shape index (κ3) is 4.25. The lowest BCUT2D eigenvalue weighted by Gasteiger charge is -2.36. The summed E-state index contributed by atoms with van der Waals surface area (Å²) >= 11 is 0. The lowest BCUT2D eigenvalue weighted by atomic mass is 10.2. The Hall–Kier alpha value is -4.79. The average molecular weight is 517 g/mol. The minimum Gasteiger partial charge on any atom is -0.368 e. The van der Waals surface area contributed by atoms with E-state index < -0.39 is 0 Å². The number of aromatic nitrogens is 6. The highest BCUT2D eigenvalue weighted by Crippen LogP contribution is 2.25. The van der Waals surface area contributed by atoms with Gasteiger partial charge >= 0.3 is 0 Å². The highest BCUT2D eigenvalue weighted by Gasteiger charge is 2.22. The summed E-state index contributed by atoms with van der Waals surface area (Å²) in [7, 11) is 0. The van der Waals surface area contributed by atoms with Crippen molar-refractivity contribution in [2.45, 2.75) is 19.3 Å². The van der Waals surface area contributed by atoms with E-state index in [1.807, 2.05) is 53.4 Å². The normalized spacial score (nSPS) is 14.1. The lowest BCUT2D eigenvalue weighted by Crippen LogP contribution is -2.48. The molecular weight excluding hydrogens is 488 g/mol. The van der Waals surface area contributed by atoms with Gasteiger partial charge in [0.2, 0.25) is 5.91 Å². The van der Waals surface area contributed by atoms with Gasteiger partial charge in [-0.2, -0.15) is 4.52 Å². The zero-order valence-corrected chi connectivity index (χ0v) is 21.5. The first-order chi connectivity index (χ1) is 19.3. The first-order valence-corrected chi connectivity index (χ1v) is 13.4. The van der Waals surface area contributed by atoms with Gasteiger partial charge in [0.25, 0.3) is 5.78 Å². The number of rotatable bonds is 6. The van der Waals surface area contributed by atoms with Crippen LogP contribution >= 0.6 is 0 Å². The molecule has 194 valence electrons. The van der Waals surface area contributed by atoms with E-state index in [4.69, 9.17) is 10.1 Å². The molecule has 3 aromatic carbocycles. The molecule has 0 atom stereocenters. The van der Waals surface area contributed by atoms with Crippen LogP contribution in [0.25, 0.3) is 33.7 Å². The largest absolute Gasteiger partial charge is 0.368 e. The van der Waals surface area contributed by atoms with Crippen molar-refractivity contribution in [1.82, 2.24) is 34.1 Å². The van der Waals surface area contributed by atoms with Crippen LogP contribution in [0.15, 0.2) is 84.9 Å². The highest BCUT2D eigenvalue weighted by molar-refractivity contribution is 5.94. The Morgan fingerprint density at radius 3 is 2.31 bits per heavy atom. The predicted octanol–water partition coefficient (Wildman–Crippen LogP) is 4.26. The molecule has 0 spiro atoms. The second-order valence-electron chi connectivity index (χ2n) is 9.86. The van der Waals surface area contributed by atoms with Gasteiger partial charge in [-0.3, -0.25) is 9.20 Å². The van der Waals surface area contributed by atoms with E-state index in [-0.39, 0.29) is 5.91 Å². The number of hydrogen-bond donors (Lipinski definition) is 0. The van der Waals surface area contributed by atoms with Gasteiger partial charge in [0.05, 0.1) is 5.52 Å². The molecule has 3 aromatic heterocycles. The Bertz CT molecular complexity index is 1770. The topological polar surface area (TPSA) is 83.9 Å². The van der Waals surface area contributed by atoms with Crippen LogP contribution in [0.3, 0.4) is 0 Å². The fourth-order valence-corrected chi connectivity index (χ4v) is 5.45. The average Bonchev–Trinajstić information content (AvgIpc) is 3.64. The molecule has 9 heteroatoms. The van der Waals surface area contributed by atoms with E-state index in [9.17, 15) is 4.79 Å². The number of hydrogen-bond acceptors (Lipinski definition) is 6. The number of nitrogens with zero attached hydrogens (tertiary/aromatic N) is 8. The van der Waals surface area contributed by atoms with E-state index in [0.717, 1.165) is 54.1 Å². The fraction of sp³-hybridized carbons (Fsp3) is 0.233. The maximum atomic E-state index is 13.0. The van der Waals surface area contributed by atoms with Crippen molar-refractivity contribution in [3.8, 4) is 11.4 Å². The van der Waals surface area contributed by atoms with Gasteiger partial charge in [0, 0.05) is 55.7 Å². The minimum absolute atomic E-state index is 0.201. The van der Waals surface area contributed by atoms with Gasteiger partial charge in [-0.25, -0.2) is 4.98 Å². The highest BCUT2D eigenvalue weighted by atomic mass is 16.2. The molecule has 0 unspecified atom stereocenters. The second-order valence-corrected chi connectivity index (χ2v) is 9.86. The standard InChI is InChI=1S/C30H28N8O/c39-27(36-20-18-35(19-21-36)23-12-5-2-6-13-23)17-9-16-26-32-33-30-37(26)25-15-8-7-14-24(25)29-31-28(34-38(29)30)22-10-3-1-4-11-22/h1-8,10-15H,9,16-21H2. The van der Waals surface area contributed by atoms with Crippen LogP contribution < -0.4 is 4.90 Å². The number of piperazine rings is 1. The first-order valence-electron chi connectivity index (χ1n) is 13.4. The molecular formula is C30H28N8O. The molecule has 0 N–H and O–H groups in total. The molecule has 1 saturated heterocycles. The van der Waals surface area contributed by atoms with Crippen LogP contribution in [0, 0.1) is 0 Å². The van der Waals surface area contributed by atoms with E-state index >= 15 is 0 Å². The zero-order chi connectivity index (χ0) is 26.2. The van der Waals surface area contributed by atoms with Gasteiger partial charge in [-0.15, -0.1) is 15.3 Å². The Morgan fingerprint density at radius 1 is 0.795 bits per heavy atom. The van der Waals surface area contributed by atoms with Crippen molar-refractivity contribution in [1.29, 1.82) is 0 Å². The minimum atomic E-state index is 0.201. The Morgan fingerprint density at radius 2 is 1.51 bits per heavy atom.